The predicted molar refractivity (Wildman–Crippen MR) is 70.7 cm³/mol. The lowest BCUT2D eigenvalue weighted by Gasteiger charge is -2.25. The lowest BCUT2D eigenvalue weighted by atomic mass is 9.90. The maximum absolute atomic E-state index is 9.43. The summed E-state index contributed by atoms with van der Waals surface area (Å²) >= 11 is 5.91. The average Bonchev–Trinajstić information content (AvgIpc) is 2.98. The van der Waals surface area contributed by atoms with E-state index in [0.29, 0.717) is 5.02 Å². The number of rotatable bonds is 1. The minimum Gasteiger partial charge on any atom is -0.232 e. The second-order valence-corrected chi connectivity index (χ2v) is 5.34. The van der Waals surface area contributed by atoms with E-state index in [-0.39, 0.29) is 18.0 Å². The van der Waals surface area contributed by atoms with Crippen LogP contribution < -0.4 is 0 Å². The molecule has 3 atom stereocenters. The van der Waals surface area contributed by atoms with E-state index in [9.17, 15) is 10.5 Å². The van der Waals surface area contributed by atoms with Crippen molar-refractivity contribution in [3.05, 3.63) is 34.9 Å². The lowest BCUT2D eigenvalue weighted by molar-refractivity contribution is 0.0383. The molecule has 0 radical (unpaired) electrons. The van der Waals surface area contributed by atoms with Crippen molar-refractivity contribution in [2.45, 2.75) is 18.5 Å². The molecule has 96 valence electrons. The van der Waals surface area contributed by atoms with E-state index in [1.54, 1.807) is 0 Å². The molecule has 0 bridgehead atoms. The minimum atomic E-state index is -0.340. The number of hydrazine groups is 1. The Labute approximate surface area is 117 Å². The van der Waals surface area contributed by atoms with Gasteiger partial charge in [-0.05, 0) is 24.1 Å². The molecule has 0 unspecified atom stereocenters. The molecule has 3 rings (SSSR count). The minimum absolute atomic E-state index is 0.0329. The molecular formula is C14H13ClN4. The van der Waals surface area contributed by atoms with E-state index >= 15 is 0 Å². The van der Waals surface area contributed by atoms with Crippen LogP contribution in [0.1, 0.15) is 18.0 Å². The quantitative estimate of drug-likeness (QED) is 0.787. The van der Waals surface area contributed by atoms with E-state index in [1.165, 1.54) is 0 Å². The van der Waals surface area contributed by atoms with Crippen LogP contribution in [0.5, 0.6) is 0 Å². The molecule has 0 N–H and O–H groups in total. The normalized spacial score (nSPS) is 30.8. The van der Waals surface area contributed by atoms with Crippen LogP contribution in [0.4, 0.5) is 0 Å². The molecule has 4 nitrogen and oxygen atoms in total. The van der Waals surface area contributed by atoms with E-state index in [1.807, 2.05) is 29.3 Å². The Bertz CT molecular complexity index is 556. The molecule has 0 amide bonds. The third-order valence-corrected chi connectivity index (χ3v) is 4.17. The molecule has 5 heteroatoms. The lowest BCUT2D eigenvalue weighted by Crippen LogP contribution is -2.35. The number of halogens is 1. The van der Waals surface area contributed by atoms with Gasteiger partial charge in [0.15, 0.2) is 0 Å². The zero-order chi connectivity index (χ0) is 13.4. The van der Waals surface area contributed by atoms with E-state index in [2.05, 4.69) is 17.1 Å². The number of hydrogen-bond acceptors (Lipinski definition) is 4. The van der Waals surface area contributed by atoms with Gasteiger partial charge in [0.05, 0.1) is 24.1 Å². The van der Waals surface area contributed by atoms with Crippen molar-refractivity contribution in [2.24, 2.45) is 5.92 Å². The van der Waals surface area contributed by atoms with E-state index < -0.39 is 0 Å². The Morgan fingerprint density at radius 3 is 2.37 bits per heavy atom. The summed E-state index contributed by atoms with van der Waals surface area (Å²) in [6.45, 7) is 1.77. The monoisotopic (exact) mass is 272 g/mol. The smallest absolute Gasteiger partial charge is 0.129 e. The molecule has 2 aliphatic heterocycles. The molecule has 0 aromatic heterocycles. The molecule has 0 spiro atoms. The number of hydrogen-bond donors (Lipinski definition) is 0. The summed E-state index contributed by atoms with van der Waals surface area (Å²) < 4.78 is 0. The predicted octanol–water partition coefficient (Wildman–Crippen LogP) is 2.35. The summed E-state index contributed by atoms with van der Waals surface area (Å²) in [5.41, 5.74) is 1.06. The maximum atomic E-state index is 9.43. The van der Waals surface area contributed by atoms with Crippen LogP contribution in [0, 0.1) is 28.6 Å². The van der Waals surface area contributed by atoms with Crippen LogP contribution in [0.25, 0.3) is 0 Å². The van der Waals surface area contributed by atoms with E-state index in [0.717, 1.165) is 25.1 Å². The highest BCUT2D eigenvalue weighted by atomic mass is 35.5. The first kappa shape index (κ1) is 12.4. The van der Waals surface area contributed by atoms with Gasteiger partial charge < -0.3 is 0 Å². The highest BCUT2D eigenvalue weighted by Crippen LogP contribution is 2.43. The largest absolute Gasteiger partial charge is 0.232 e. The number of nitriles is 2. The topological polar surface area (TPSA) is 54.1 Å². The van der Waals surface area contributed by atoms with E-state index in [4.69, 9.17) is 11.6 Å². The Morgan fingerprint density at radius 1 is 1.05 bits per heavy atom. The van der Waals surface area contributed by atoms with Crippen LogP contribution in [-0.2, 0) is 0 Å². The second-order valence-electron chi connectivity index (χ2n) is 4.90. The average molecular weight is 273 g/mol. The Hall–Kier alpha value is -1.59. The van der Waals surface area contributed by atoms with Crippen LogP contribution >= 0.6 is 11.6 Å². The van der Waals surface area contributed by atoms with Gasteiger partial charge in [-0.25, -0.2) is 10.0 Å². The Balaban J connectivity index is 2.01. The SMILES string of the molecule is N#C[C@@H]1[C@H](C#N)N2CCCN2[C@H]1c1ccc(Cl)cc1. The van der Waals surface area contributed by atoms with Gasteiger partial charge in [0.2, 0.25) is 0 Å². The number of nitrogens with zero attached hydrogens (tertiary/aromatic N) is 4. The third-order valence-electron chi connectivity index (χ3n) is 3.92. The molecule has 2 heterocycles. The standard InChI is InChI=1S/C14H13ClN4/c15-11-4-2-10(3-5-11)14-12(8-16)13(9-17)18-6-1-7-19(14)18/h2-5,12-14H,1,6-7H2/t12-,13+,14+/m1/s1. The summed E-state index contributed by atoms with van der Waals surface area (Å²) in [5, 5.41) is 23.7. The van der Waals surface area contributed by atoms with Crippen LogP contribution in [-0.4, -0.2) is 29.1 Å². The van der Waals surface area contributed by atoms with Crippen molar-refractivity contribution < 1.29 is 0 Å². The van der Waals surface area contributed by atoms with Gasteiger partial charge in [-0.1, -0.05) is 23.7 Å². The summed E-state index contributed by atoms with van der Waals surface area (Å²) in [5.74, 6) is -0.313. The van der Waals surface area contributed by atoms with Crippen LogP contribution in [0.2, 0.25) is 5.02 Å². The fourth-order valence-corrected chi connectivity index (χ4v) is 3.25. The van der Waals surface area contributed by atoms with Gasteiger partial charge in [0.25, 0.3) is 0 Å². The van der Waals surface area contributed by atoms with Crippen molar-refractivity contribution in [3.8, 4) is 12.1 Å². The first-order valence-electron chi connectivity index (χ1n) is 6.34. The third kappa shape index (κ3) is 1.89. The number of benzene rings is 1. The number of fused-ring (bicyclic) bond motifs is 1. The van der Waals surface area contributed by atoms with Gasteiger partial charge in [-0.3, -0.25) is 0 Å². The first-order chi connectivity index (χ1) is 9.26. The molecule has 1 aromatic rings. The van der Waals surface area contributed by atoms with Gasteiger partial charge in [0.1, 0.15) is 6.04 Å². The van der Waals surface area contributed by atoms with Crippen LogP contribution in [0.3, 0.4) is 0 Å². The van der Waals surface area contributed by atoms with Crippen LogP contribution in [0.15, 0.2) is 24.3 Å². The molecule has 2 saturated heterocycles. The Morgan fingerprint density at radius 2 is 1.74 bits per heavy atom. The first-order valence-corrected chi connectivity index (χ1v) is 6.72. The Kier molecular flexibility index (Phi) is 3.16. The summed E-state index contributed by atoms with van der Waals surface area (Å²) in [6, 6.07) is 11.8. The van der Waals surface area contributed by atoms with Gasteiger partial charge in [-0.15, -0.1) is 0 Å². The van der Waals surface area contributed by atoms with Gasteiger partial charge in [0, 0.05) is 18.1 Å². The molecule has 2 fully saturated rings. The molecule has 0 aliphatic carbocycles. The highest BCUT2D eigenvalue weighted by Gasteiger charge is 2.50. The molecule has 2 aliphatic rings. The molecular weight excluding hydrogens is 260 g/mol. The zero-order valence-electron chi connectivity index (χ0n) is 10.3. The maximum Gasteiger partial charge on any atom is 0.129 e. The van der Waals surface area contributed by atoms with Crippen molar-refractivity contribution in [2.75, 3.05) is 13.1 Å². The van der Waals surface area contributed by atoms with Crippen molar-refractivity contribution in [1.82, 2.24) is 10.0 Å². The van der Waals surface area contributed by atoms with Gasteiger partial charge in [-0.2, -0.15) is 10.5 Å². The van der Waals surface area contributed by atoms with Crippen molar-refractivity contribution in [1.29, 1.82) is 10.5 Å². The molecule has 1 aromatic carbocycles. The summed E-state index contributed by atoms with van der Waals surface area (Å²) in [6.07, 6.45) is 1.04. The van der Waals surface area contributed by atoms with Crippen molar-refractivity contribution >= 4 is 11.6 Å². The zero-order valence-corrected chi connectivity index (χ0v) is 11.1. The second kappa shape index (κ2) is 4.83. The molecule has 19 heavy (non-hydrogen) atoms. The highest BCUT2D eigenvalue weighted by molar-refractivity contribution is 6.30. The summed E-state index contributed by atoms with van der Waals surface area (Å²) in [7, 11) is 0. The van der Waals surface area contributed by atoms with Gasteiger partial charge >= 0.3 is 0 Å². The fraction of sp³-hybridized carbons (Fsp3) is 0.429. The molecule has 0 saturated carbocycles. The summed E-state index contributed by atoms with van der Waals surface area (Å²) in [4.78, 5) is 0. The van der Waals surface area contributed by atoms with Crippen molar-refractivity contribution in [3.63, 3.8) is 0 Å². The fourth-order valence-electron chi connectivity index (χ4n) is 3.12.